The Morgan fingerprint density at radius 3 is 2.80 bits per heavy atom. The first kappa shape index (κ1) is 11.2. The first-order valence-corrected chi connectivity index (χ1v) is 4.52. The maximum atomic E-state index is 4.99. The van der Waals surface area contributed by atoms with Crippen LogP contribution in [-0.2, 0) is 4.74 Å². The summed E-state index contributed by atoms with van der Waals surface area (Å²) in [6.45, 7) is 7.33. The molecule has 0 unspecified atom stereocenters. The molecule has 0 aromatic carbocycles. The average molecular weight is 206 g/mol. The van der Waals surface area contributed by atoms with Crippen LogP contribution in [0.3, 0.4) is 0 Å². The molecule has 15 heavy (non-hydrogen) atoms. The third-order valence-electron chi connectivity index (χ3n) is 1.76. The molecule has 1 aromatic heterocycles. The minimum Gasteiger partial charge on any atom is -0.497 e. The Morgan fingerprint density at radius 2 is 2.27 bits per heavy atom. The van der Waals surface area contributed by atoms with E-state index in [2.05, 4.69) is 16.7 Å². The van der Waals surface area contributed by atoms with Crippen molar-refractivity contribution in [3.05, 3.63) is 42.3 Å². The molecule has 0 saturated heterocycles. The minimum atomic E-state index is 0.528. The van der Waals surface area contributed by atoms with Crippen molar-refractivity contribution in [3.8, 4) is 0 Å². The monoisotopic (exact) mass is 206 g/mol. The normalized spacial score (nSPS) is 12.1. The smallest absolute Gasteiger partial charge is 0.253 e. The number of rotatable bonds is 4. The van der Waals surface area contributed by atoms with Crippen LogP contribution in [-0.4, -0.2) is 17.3 Å². The van der Waals surface area contributed by atoms with Crippen molar-refractivity contribution in [3.63, 3.8) is 0 Å². The van der Waals surface area contributed by atoms with Gasteiger partial charge in [-0.05, 0) is 19.9 Å². The van der Waals surface area contributed by atoms with Gasteiger partial charge in [0, 0.05) is 5.57 Å². The highest BCUT2D eigenvalue weighted by molar-refractivity contribution is 5.57. The molecule has 0 spiro atoms. The third-order valence-corrected chi connectivity index (χ3v) is 1.76. The molecule has 1 rings (SSSR count). The number of nitrogens with zero attached hydrogens (tertiary/aromatic N) is 2. The van der Waals surface area contributed by atoms with E-state index in [1.54, 1.807) is 20.1 Å². The molecule has 0 amide bonds. The van der Waals surface area contributed by atoms with Gasteiger partial charge in [0.25, 0.3) is 5.89 Å². The van der Waals surface area contributed by atoms with Crippen LogP contribution in [0.4, 0.5) is 0 Å². The molecule has 0 radical (unpaired) electrons. The van der Waals surface area contributed by atoms with Crippen molar-refractivity contribution in [2.45, 2.75) is 13.8 Å². The maximum absolute atomic E-state index is 4.99. The fourth-order valence-corrected chi connectivity index (χ4v) is 0.896. The average Bonchev–Trinajstić information content (AvgIpc) is 2.64. The Labute approximate surface area is 88.9 Å². The van der Waals surface area contributed by atoms with Crippen molar-refractivity contribution in [2.75, 3.05) is 7.11 Å². The molecule has 1 heterocycles. The number of allylic oxidation sites excluding steroid dienone is 4. The summed E-state index contributed by atoms with van der Waals surface area (Å²) in [6.07, 6.45) is 5.44. The first-order chi connectivity index (χ1) is 7.13. The largest absolute Gasteiger partial charge is 0.497 e. The molecule has 80 valence electrons. The SMILES string of the molecule is C=C(/C=C\C=C(/C)c1nc(C)no1)OC. The van der Waals surface area contributed by atoms with Crippen molar-refractivity contribution < 1.29 is 9.26 Å². The number of hydrogen-bond donors (Lipinski definition) is 0. The zero-order valence-electron chi connectivity index (χ0n) is 9.15. The van der Waals surface area contributed by atoms with Crippen LogP contribution in [0.2, 0.25) is 0 Å². The standard InChI is InChI=1S/C11H14N2O2/c1-8(6-5-7-9(2)14-4)11-12-10(3)13-15-11/h5-7H,2H2,1,3-4H3/b7-5-,8-6+. The zero-order chi connectivity index (χ0) is 11.3. The van der Waals surface area contributed by atoms with E-state index < -0.39 is 0 Å². The van der Waals surface area contributed by atoms with Gasteiger partial charge in [-0.25, -0.2) is 0 Å². The summed E-state index contributed by atoms with van der Waals surface area (Å²) in [4.78, 5) is 4.09. The molecule has 0 atom stereocenters. The molecule has 0 bridgehead atoms. The number of hydrogen-bond acceptors (Lipinski definition) is 4. The fourth-order valence-electron chi connectivity index (χ4n) is 0.896. The second-order valence-electron chi connectivity index (χ2n) is 3.03. The van der Waals surface area contributed by atoms with Gasteiger partial charge in [-0.2, -0.15) is 4.98 Å². The lowest BCUT2D eigenvalue weighted by Gasteiger charge is -1.94. The van der Waals surface area contributed by atoms with Gasteiger partial charge in [0.1, 0.15) is 5.76 Å². The summed E-state index contributed by atoms with van der Waals surface area (Å²) in [7, 11) is 1.57. The van der Waals surface area contributed by atoms with E-state index in [0.29, 0.717) is 17.5 Å². The summed E-state index contributed by atoms with van der Waals surface area (Å²) in [6, 6.07) is 0. The predicted octanol–water partition coefficient (Wildman–Crippen LogP) is 2.50. The molecular weight excluding hydrogens is 192 g/mol. The van der Waals surface area contributed by atoms with Crippen LogP contribution in [0.1, 0.15) is 18.6 Å². The number of ether oxygens (including phenoxy) is 1. The van der Waals surface area contributed by atoms with Gasteiger partial charge < -0.3 is 9.26 Å². The van der Waals surface area contributed by atoms with E-state index in [1.165, 1.54) is 0 Å². The van der Waals surface area contributed by atoms with Crippen molar-refractivity contribution in [2.24, 2.45) is 0 Å². The number of aryl methyl sites for hydroxylation is 1. The summed E-state index contributed by atoms with van der Waals surface area (Å²) < 4.78 is 9.87. The van der Waals surface area contributed by atoms with E-state index >= 15 is 0 Å². The van der Waals surface area contributed by atoms with Crippen molar-refractivity contribution >= 4 is 5.57 Å². The topological polar surface area (TPSA) is 48.2 Å². The van der Waals surface area contributed by atoms with Crippen molar-refractivity contribution in [1.82, 2.24) is 10.1 Å². The van der Waals surface area contributed by atoms with Crippen LogP contribution in [0.5, 0.6) is 0 Å². The van der Waals surface area contributed by atoms with Gasteiger partial charge in [-0.1, -0.05) is 23.9 Å². The molecule has 0 aliphatic carbocycles. The first-order valence-electron chi connectivity index (χ1n) is 4.52. The lowest BCUT2D eigenvalue weighted by Crippen LogP contribution is -1.79. The van der Waals surface area contributed by atoms with Gasteiger partial charge in [-0.3, -0.25) is 0 Å². The summed E-state index contributed by atoms with van der Waals surface area (Å²) >= 11 is 0. The second kappa shape index (κ2) is 5.14. The van der Waals surface area contributed by atoms with Gasteiger partial charge in [0.2, 0.25) is 0 Å². The Balaban J connectivity index is 2.68. The quantitative estimate of drug-likeness (QED) is 0.561. The van der Waals surface area contributed by atoms with Crippen LogP contribution in [0.15, 0.2) is 35.1 Å². The molecule has 0 N–H and O–H groups in total. The van der Waals surface area contributed by atoms with Gasteiger partial charge in [-0.15, -0.1) is 0 Å². The van der Waals surface area contributed by atoms with E-state index in [4.69, 9.17) is 9.26 Å². The predicted molar refractivity (Wildman–Crippen MR) is 58.0 cm³/mol. The fraction of sp³-hybridized carbons (Fsp3) is 0.273. The summed E-state index contributed by atoms with van der Waals surface area (Å²) in [5.74, 6) is 1.75. The van der Waals surface area contributed by atoms with Gasteiger partial charge in [0.15, 0.2) is 5.82 Å². The van der Waals surface area contributed by atoms with Crippen LogP contribution in [0, 0.1) is 6.92 Å². The molecular formula is C11H14N2O2. The molecule has 0 fully saturated rings. The number of aromatic nitrogens is 2. The lowest BCUT2D eigenvalue weighted by atomic mass is 10.2. The summed E-state index contributed by atoms with van der Waals surface area (Å²) in [5, 5.41) is 3.70. The molecule has 0 aliphatic rings. The Kier molecular flexibility index (Phi) is 3.85. The molecule has 1 aromatic rings. The molecule has 0 saturated carbocycles. The Morgan fingerprint density at radius 1 is 1.53 bits per heavy atom. The Bertz CT molecular complexity index is 402. The molecule has 0 aliphatic heterocycles. The highest BCUT2D eigenvalue weighted by Crippen LogP contribution is 2.10. The van der Waals surface area contributed by atoms with E-state index in [9.17, 15) is 0 Å². The molecule has 4 nitrogen and oxygen atoms in total. The maximum Gasteiger partial charge on any atom is 0.253 e. The second-order valence-corrected chi connectivity index (χ2v) is 3.03. The highest BCUT2D eigenvalue weighted by atomic mass is 16.5. The van der Waals surface area contributed by atoms with Crippen LogP contribution >= 0.6 is 0 Å². The molecule has 4 heteroatoms. The lowest BCUT2D eigenvalue weighted by molar-refractivity contribution is 0.309. The van der Waals surface area contributed by atoms with Gasteiger partial charge >= 0.3 is 0 Å². The number of methoxy groups -OCH3 is 1. The van der Waals surface area contributed by atoms with Crippen LogP contribution in [0.25, 0.3) is 5.57 Å². The van der Waals surface area contributed by atoms with E-state index in [-0.39, 0.29) is 0 Å². The minimum absolute atomic E-state index is 0.528. The third kappa shape index (κ3) is 3.42. The zero-order valence-corrected chi connectivity index (χ0v) is 9.15. The van der Waals surface area contributed by atoms with E-state index in [0.717, 1.165) is 5.57 Å². The summed E-state index contributed by atoms with van der Waals surface area (Å²) in [5.41, 5.74) is 0.899. The van der Waals surface area contributed by atoms with Crippen LogP contribution < -0.4 is 0 Å². The van der Waals surface area contributed by atoms with Crippen molar-refractivity contribution in [1.29, 1.82) is 0 Å². The highest BCUT2D eigenvalue weighted by Gasteiger charge is 2.02. The van der Waals surface area contributed by atoms with E-state index in [1.807, 2.05) is 19.1 Å². The van der Waals surface area contributed by atoms with Gasteiger partial charge in [0.05, 0.1) is 7.11 Å². The Hall–Kier alpha value is -1.84.